The molecule has 0 radical (unpaired) electrons. The fourth-order valence-corrected chi connectivity index (χ4v) is 1.48. The molecule has 98 valence electrons. The topological polar surface area (TPSA) is 40.6 Å². The highest BCUT2D eigenvalue weighted by atomic mass is 16.7. The maximum atomic E-state index is 8.19. The number of nitrogens with zero attached hydrogens (tertiary/aromatic N) is 1. The predicted molar refractivity (Wildman–Crippen MR) is 71.1 cm³/mol. The van der Waals surface area contributed by atoms with Crippen molar-refractivity contribution in [3.05, 3.63) is 18.3 Å². The first-order valence-electron chi connectivity index (χ1n) is 9.52. The van der Waals surface area contributed by atoms with Crippen LogP contribution in [0.25, 0.3) is 0 Å². The first-order valence-corrected chi connectivity index (χ1v) is 5.52. The zero-order valence-corrected chi connectivity index (χ0v) is 10.7. The van der Waals surface area contributed by atoms with Gasteiger partial charge < -0.3 is 14.0 Å². The van der Waals surface area contributed by atoms with E-state index in [4.69, 9.17) is 25.0 Å². The zero-order chi connectivity index (χ0) is 20.3. The Labute approximate surface area is 120 Å². The van der Waals surface area contributed by atoms with E-state index in [0.29, 0.717) is 0 Å². The molecule has 2 heterocycles. The number of hydrogen-bond acceptors (Lipinski definition) is 4. The SMILES string of the molecule is [2H]c1nc(B2OC(C)(C)C(C)(C)O2)c([2H])c(OC([2H])([2H])C([2H])([2H])[2H])c1[2H]. The molecule has 1 aromatic rings. The Balaban J connectivity index is 2.51. The molecule has 0 bridgehead atoms. The fraction of sp³-hybridized carbons (Fsp3) is 0.615. The second-order valence-corrected chi connectivity index (χ2v) is 4.98. The van der Waals surface area contributed by atoms with Crippen LogP contribution in [0.1, 0.15) is 45.5 Å². The number of hydrogen-bond donors (Lipinski definition) is 0. The van der Waals surface area contributed by atoms with E-state index in [1.165, 1.54) is 0 Å². The van der Waals surface area contributed by atoms with Crippen LogP contribution >= 0.6 is 0 Å². The van der Waals surface area contributed by atoms with Gasteiger partial charge in [-0.15, -0.1) is 0 Å². The lowest BCUT2D eigenvalue weighted by Gasteiger charge is -2.32. The zero-order valence-electron chi connectivity index (χ0n) is 18.7. The minimum atomic E-state index is -3.15. The quantitative estimate of drug-likeness (QED) is 0.774. The van der Waals surface area contributed by atoms with Gasteiger partial charge in [-0.2, -0.15) is 0 Å². The first kappa shape index (κ1) is 6.39. The van der Waals surface area contributed by atoms with Gasteiger partial charge >= 0.3 is 7.12 Å². The third-order valence-electron chi connectivity index (χ3n) is 3.22. The molecule has 0 unspecified atom stereocenters. The highest BCUT2D eigenvalue weighted by molar-refractivity contribution is 6.61. The molecule has 2 rings (SSSR count). The third-order valence-corrected chi connectivity index (χ3v) is 3.22. The van der Waals surface area contributed by atoms with Crippen LogP contribution in [0.2, 0.25) is 0 Å². The van der Waals surface area contributed by atoms with Gasteiger partial charge in [0.05, 0.1) is 30.2 Å². The molecule has 1 aliphatic heterocycles. The van der Waals surface area contributed by atoms with Crippen molar-refractivity contribution >= 4 is 12.7 Å². The molecule has 0 atom stereocenters. The van der Waals surface area contributed by atoms with Crippen molar-refractivity contribution in [1.82, 2.24) is 4.98 Å². The Bertz CT molecular complexity index is 706. The van der Waals surface area contributed by atoms with Crippen LogP contribution in [0.5, 0.6) is 5.75 Å². The molecule has 1 aromatic heterocycles. The molecule has 0 aromatic carbocycles. The Morgan fingerprint density at radius 3 is 2.72 bits per heavy atom. The predicted octanol–water partition coefficient (Wildman–Crippen LogP) is 1.78. The lowest BCUT2D eigenvalue weighted by Crippen LogP contribution is -2.41. The molecule has 0 spiro atoms. The van der Waals surface area contributed by atoms with E-state index >= 15 is 0 Å². The molecule has 0 aliphatic carbocycles. The average molecular weight is 257 g/mol. The Morgan fingerprint density at radius 2 is 2.11 bits per heavy atom. The molecule has 0 N–H and O–H groups in total. The van der Waals surface area contributed by atoms with Crippen molar-refractivity contribution in [1.29, 1.82) is 0 Å². The molecule has 1 aliphatic rings. The number of aromatic nitrogens is 1. The molecule has 18 heavy (non-hydrogen) atoms. The van der Waals surface area contributed by atoms with E-state index in [0.717, 1.165) is 0 Å². The molecule has 0 saturated carbocycles. The summed E-state index contributed by atoms with van der Waals surface area (Å²) in [6.45, 7) is 0.814. The summed E-state index contributed by atoms with van der Waals surface area (Å²) in [5.41, 5.74) is -1.68. The van der Waals surface area contributed by atoms with Crippen molar-refractivity contribution < 1.29 is 25.0 Å². The highest BCUT2D eigenvalue weighted by Crippen LogP contribution is 2.36. The summed E-state index contributed by atoms with van der Waals surface area (Å²) in [4.78, 5) is 3.84. The van der Waals surface area contributed by atoms with Crippen LogP contribution in [0.3, 0.4) is 0 Å². The van der Waals surface area contributed by atoms with Gasteiger partial charge in [0.2, 0.25) is 0 Å². The summed E-state index contributed by atoms with van der Waals surface area (Å²) in [6, 6.07) is -1.25. The summed E-state index contributed by atoms with van der Waals surface area (Å²) in [5, 5.41) is 0. The van der Waals surface area contributed by atoms with E-state index in [-0.39, 0.29) is 5.59 Å². The van der Waals surface area contributed by atoms with Crippen LogP contribution in [-0.2, 0) is 9.31 Å². The van der Waals surface area contributed by atoms with Crippen molar-refractivity contribution in [2.45, 2.75) is 45.7 Å². The van der Waals surface area contributed by atoms with Gasteiger partial charge in [-0.3, -0.25) is 4.98 Å². The van der Waals surface area contributed by atoms with Gasteiger partial charge in [-0.25, -0.2) is 0 Å². The maximum Gasteiger partial charge on any atom is 0.514 e. The molecule has 4 nitrogen and oxygen atoms in total. The smallest absolute Gasteiger partial charge is 0.494 e. The van der Waals surface area contributed by atoms with Crippen LogP contribution < -0.4 is 10.3 Å². The van der Waals surface area contributed by atoms with Crippen LogP contribution in [0.15, 0.2) is 18.3 Å². The molecule has 1 saturated heterocycles. The monoisotopic (exact) mass is 257 g/mol. The largest absolute Gasteiger partial charge is 0.514 e. The van der Waals surface area contributed by atoms with Crippen LogP contribution in [0.4, 0.5) is 0 Å². The standard InChI is InChI=1S/C13H20BNO3/c1-6-16-10-7-8-15-11(9-10)14-17-12(2,3)13(4,5)18-14/h7-9H,6H2,1-5H3/i1D3,6D2,7D,8D,9D. The van der Waals surface area contributed by atoms with Gasteiger partial charge in [-0.1, -0.05) is 0 Å². The summed E-state index contributed by atoms with van der Waals surface area (Å²) in [5.74, 6) is -0.698. The van der Waals surface area contributed by atoms with E-state index in [1.54, 1.807) is 27.7 Å². The Hall–Kier alpha value is -1.07. The van der Waals surface area contributed by atoms with Gasteiger partial charge in [0, 0.05) is 10.3 Å². The second kappa shape index (κ2) is 4.55. The van der Waals surface area contributed by atoms with E-state index in [2.05, 4.69) is 4.98 Å². The summed E-state index contributed by atoms with van der Waals surface area (Å²) in [6.07, 6.45) is -0.609. The van der Waals surface area contributed by atoms with Gasteiger partial charge in [0.15, 0.2) is 0 Å². The lowest BCUT2D eigenvalue weighted by molar-refractivity contribution is 0.00578. The minimum absolute atomic E-state index is 0.180. The highest BCUT2D eigenvalue weighted by Gasteiger charge is 2.52. The number of pyridine rings is 1. The van der Waals surface area contributed by atoms with Crippen LogP contribution in [-0.4, -0.2) is 29.9 Å². The van der Waals surface area contributed by atoms with Crippen molar-refractivity contribution in [2.75, 3.05) is 6.56 Å². The number of rotatable bonds is 3. The maximum absolute atomic E-state index is 8.19. The van der Waals surface area contributed by atoms with Gasteiger partial charge in [-0.05, 0) is 46.6 Å². The Morgan fingerprint density at radius 1 is 1.44 bits per heavy atom. The molecule has 1 fully saturated rings. The van der Waals surface area contributed by atoms with Crippen molar-refractivity contribution in [3.63, 3.8) is 0 Å². The third kappa shape index (κ3) is 2.38. The second-order valence-electron chi connectivity index (χ2n) is 4.98. The fourth-order valence-electron chi connectivity index (χ4n) is 1.48. The first-order chi connectivity index (χ1) is 11.5. The number of ether oxygens (including phenoxy) is 1. The van der Waals surface area contributed by atoms with Gasteiger partial charge in [0.1, 0.15) is 5.75 Å². The lowest BCUT2D eigenvalue weighted by atomic mass is 9.84. The molecular formula is C13H20BNO3. The average Bonchev–Trinajstić information content (AvgIpc) is 2.66. The minimum Gasteiger partial charge on any atom is -0.494 e. The summed E-state index contributed by atoms with van der Waals surface area (Å²) < 4.78 is 76.9. The van der Waals surface area contributed by atoms with Crippen molar-refractivity contribution in [2.24, 2.45) is 0 Å². The van der Waals surface area contributed by atoms with E-state index in [9.17, 15) is 0 Å². The van der Waals surface area contributed by atoms with Crippen molar-refractivity contribution in [3.8, 4) is 5.75 Å². The Kier molecular flexibility index (Phi) is 1.62. The molecule has 0 amide bonds. The van der Waals surface area contributed by atoms with E-state index < -0.39 is 55.7 Å². The summed E-state index contributed by atoms with van der Waals surface area (Å²) in [7, 11) is -1.14. The summed E-state index contributed by atoms with van der Waals surface area (Å²) >= 11 is 0. The van der Waals surface area contributed by atoms with E-state index in [1.807, 2.05) is 0 Å². The van der Waals surface area contributed by atoms with Gasteiger partial charge in [0.25, 0.3) is 0 Å². The normalized spacial score (nSPS) is 29.0. The molecular weight excluding hydrogens is 229 g/mol. The van der Waals surface area contributed by atoms with Crippen LogP contribution in [0, 0.1) is 0 Å². The molecule has 5 heteroatoms.